The highest BCUT2D eigenvalue weighted by molar-refractivity contribution is 5.94. The molecule has 1 N–H and O–H groups in total. The van der Waals surface area contributed by atoms with E-state index in [0.29, 0.717) is 38.3 Å². The summed E-state index contributed by atoms with van der Waals surface area (Å²) in [5.74, 6) is -0.419. The Morgan fingerprint density at radius 2 is 1.68 bits per heavy atom. The van der Waals surface area contributed by atoms with Crippen LogP contribution in [0.4, 0.5) is 4.39 Å². The molecule has 1 heterocycles. The van der Waals surface area contributed by atoms with Crippen molar-refractivity contribution in [2.24, 2.45) is 0 Å². The first-order valence-electron chi connectivity index (χ1n) is 7.09. The molecule has 122 valence electrons. The van der Waals surface area contributed by atoms with Crippen molar-refractivity contribution in [3.63, 3.8) is 0 Å². The molecule has 0 unspecified atom stereocenters. The SMILES string of the molecule is CNCC(=O)N1CCCN(C(=O)c2ccc(F)cc2)CC1.Cl. The van der Waals surface area contributed by atoms with E-state index in [2.05, 4.69) is 5.32 Å². The number of amides is 2. The predicted octanol–water partition coefficient (Wildman–Crippen LogP) is 1.14. The Hall–Kier alpha value is -1.66. The van der Waals surface area contributed by atoms with Gasteiger partial charge in [-0.3, -0.25) is 9.59 Å². The van der Waals surface area contributed by atoms with E-state index < -0.39 is 0 Å². The van der Waals surface area contributed by atoms with Gasteiger partial charge < -0.3 is 15.1 Å². The number of likely N-dealkylation sites (N-methyl/N-ethyl adjacent to an activating group) is 1. The maximum Gasteiger partial charge on any atom is 0.253 e. The molecule has 22 heavy (non-hydrogen) atoms. The molecule has 1 aromatic rings. The lowest BCUT2D eigenvalue weighted by Gasteiger charge is -2.22. The summed E-state index contributed by atoms with van der Waals surface area (Å²) in [6.07, 6.45) is 0.752. The summed E-state index contributed by atoms with van der Waals surface area (Å²) in [6.45, 7) is 2.62. The second kappa shape index (κ2) is 8.70. The van der Waals surface area contributed by atoms with Gasteiger partial charge in [-0.1, -0.05) is 0 Å². The highest BCUT2D eigenvalue weighted by atomic mass is 35.5. The summed E-state index contributed by atoms with van der Waals surface area (Å²) in [6, 6.07) is 5.56. The first-order chi connectivity index (χ1) is 10.1. The lowest BCUT2D eigenvalue weighted by molar-refractivity contribution is -0.130. The van der Waals surface area contributed by atoms with Crippen LogP contribution in [0, 0.1) is 5.82 Å². The molecule has 1 aromatic carbocycles. The van der Waals surface area contributed by atoms with Crippen LogP contribution in [0.5, 0.6) is 0 Å². The lowest BCUT2D eigenvalue weighted by atomic mass is 10.2. The second-order valence-corrected chi connectivity index (χ2v) is 5.06. The van der Waals surface area contributed by atoms with Crippen LogP contribution >= 0.6 is 12.4 Å². The predicted molar refractivity (Wildman–Crippen MR) is 84.7 cm³/mol. The minimum absolute atomic E-state index is 0. The number of carbonyl (C=O) groups excluding carboxylic acids is 2. The van der Waals surface area contributed by atoms with Crippen LogP contribution < -0.4 is 5.32 Å². The van der Waals surface area contributed by atoms with E-state index in [-0.39, 0.29) is 30.0 Å². The Morgan fingerprint density at radius 3 is 2.32 bits per heavy atom. The minimum atomic E-state index is -0.355. The van der Waals surface area contributed by atoms with Gasteiger partial charge in [0.25, 0.3) is 5.91 Å². The van der Waals surface area contributed by atoms with Gasteiger partial charge in [0.2, 0.25) is 5.91 Å². The number of hydrogen-bond donors (Lipinski definition) is 1. The number of halogens is 2. The average Bonchev–Trinajstić information content (AvgIpc) is 2.73. The molecule has 0 spiro atoms. The fourth-order valence-corrected chi connectivity index (χ4v) is 2.41. The first kappa shape index (κ1) is 18.4. The molecule has 0 saturated carbocycles. The molecule has 1 fully saturated rings. The van der Waals surface area contributed by atoms with Crippen LogP contribution in [0.1, 0.15) is 16.8 Å². The normalized spacial score (nSPS) is 15.0. The summed E-state index contributed by atoms with van der Waals surface area (Å²) in [7, 11) is 1.74. The van der Waals surface area contributed by atoms with Crippen LogP contribution in [0.3, 0.4) is 0 Å². The van der Waals surface area contributed by atoms with Crippen LogP contribution in [-0.4, -0.2) is 61.4 Å². The van der Waals surface area contributed by atoms with Crippen LogP contribution in [0.2, 0.25) is 0 Å². The van der Waals surface area contributed by atoms with E-state index in [9.17, 15) is 14.0 Å². The van der Waals surface area contributed by atoms with Crippen LogP contribution in [0.25, 0.3) is 0 Å². The summed E-state index contributed by atoms with van der Waals surface area (Å²) >= 11 is 0. The van der Waals surface area contributed by atoms with Gasteiger partial charge in [0.15, 0.2) is 0 Å². The molecule has 0 radical (unpaired) electrons. The molecular weight excluding hydrogens is 309 g/mol. The van der Waals surface area contributed by atoms with Crippen molar-refractivity contribution in [1.29, 1.82) is 0 Å². The molecule has 1 aliphatic rings. The average molecular weight is 330 g/mol. The zero-order valence-electron chi connectivity index (χ0n) is 12.5. The molecule has 0 aromatic heterocycles. The summed E-state index contributed by atoms with van der Waals surface area (Å²) in [5, 5.41) is 2.84. The third-order valence-corrected chi connectivity index (χ3v) is 3.55. The zero-order valence-corrected chi connectivity index (χ0v) is 13.4. The zero-order chi connectivity index (χ0) is 15.2. The summed E-state index contributed by atoms with van der Waals surface area (Å²) < 4.78 is 12.9. The van der Waals surface area contributed by atoms with E-state index in [4.69, 9.17) is 0 Å². The number of hydrogen-bond acceptors (Lipinski definition) is 3. The van der Waals surface area contributed by atoms with E-state index in [1.807, 2.05) is 0 Å². The molecule has 0 atom stereocenters. The Balaban J connectivity index is 0.00000242. The Morgan fingerprint density at radius 1 is 1.09 bits per heavy atom. The van der Waals surface area contributed by atoms with Gasteiger partial charge in [0.05, 0.1) is 6.54 Å². The number of nitrogens with one attached hydrogen (secondary N) is 1. The maximum atomic E-state index is 12.9. The second-order valence-electron chi connectivity index (χ2n) is 5.06. The van der Waals surface area contributed by atoms with Crippen LogP contribution in [0.15, 0.2) is 24.3 Å². The van der Waals surface area contributed by atoms with E-state index in [1.165, 1.54) is 24.3 Å². The topological polar surface area (TPSA) is 52.7 Å². The van der Waals surface area contributed by atoms with Crippen molar-refractivity contribution in [2.45, 2.75) is 6.42 Å². The van der Waals surface area contributed by atoms with Gasteiger partial charge in [-0.25, -0.2) is 4.39 Å². The quantitative estimate of drug-likeness (QED) is 0.905. The minimum Gasteiger partial charge on any atom is -0.340 e. The van der Waals surface area contributed by atoms with Gasteiger partial charge in [-0.15, -0.1) is 12.4 Å². The molecule has 1 aliphatic heterocycles. The van der Waals surface area contributed by atoms with E-state index in [1.54, 1.807) is 16.8 Å². The van der Waals surface area contributed by atoms with Crippen molar-refractivity contribution in [3.05, 3.63) is 35.6 Å². The van der Waals surface area contributed by atoms with Crippen molar-refractivity contribution in [2.75, 3.05) is 39.8 Å². The molecule has 5 nitrogen and oxygen atoms in total. The van der Waals surface area contributed by atoms with Gasteiger partial charge >= 0.3 is 0 Å². The number of rotatable bonds is 3. The first-order valence-corrected chi connectivity index (χ1v) is 7.09. The highest BCUT2D eigenvalue weighted by Gasteiger charge is 2.22. The molecular formula is C15H21ClFN3O2. The van der Waals surface area contributed by atoms with Gasteiger partial charge in [-0.2, -0.15) is 0 Å². The standard InChI is InChI=1S/C15H20FN3O2.ClH/c1-17-11-14(20)18-7-2-8-19(10-9-18)15(21)12-3-5-13(16)6-4-12;/h3-6,17H,2,7-11H2,1H3;1H. The molecule has 0 aliphatic carbocycles. The molecule has 1 saturated heterocycles. The van der Waals surface area contributed by atoms with Gasteiger partial charge in [0.1, 0.15) is 5.82 Å². The fraction of sp³-hybridized carbons (Fsp3) is 0.467. The Kier molecular flexibility index (Phi) is 7.27. The maximum absolute atomic E-state index is 12.9. The lowest BCUT2D eigenvalue weighted by Crippen LogP contribution is -2.40. The molecule has 0 bridgehead atoms. The largest absolute Gasteiger partial charge is 0.340 e. The summed E-state index contributed by atoms with van der Waals surface area (Å²) in [5.41, 5.74) is 0.478. The van der Waals surface area contributed by atoms with Gasteiger partial charge in [0, 0.05) is 31.7 Å². The van der Waals surface area contributed by atoms with Gasteiger partial charge in [-0.05, 0) is 37.7 Å². The van der Waals surface area contributed by atoms with E-state index >= 15 is 0 Å². The fourth-order valence-electron chi connectivity index (χ4n) is 2.41. The highest BCUT2D eigenvalue weighted by Crippen LogP contribution is 2.10. The third-order valence-electron chi connectivity index (χ3n) is 3.55. The van der Waals surface area contributed by atoms with Crippen molar-refractivity contribution < 1.29 is 14.0 Å². The number of carbonyl (C=O) groups is 2. The Labute approximate surface area is 135 Å². The molecule has 2 rings (SSSR count). The number of nitrogens with zero attached hydrogens (tertiary/aromatic N) is 2. The van der Waals surface area contributed by atoms with Crippen molar-refractivity contribution in [1.82, 2.24) is 15.1 Å². The number of benzene rings is 1. The molecule has 2 amide bonds. The smallest absolute Gasteiger partial charge is 0.253 e. The Bertz CT molecular complexity index is 510. The van der Waals surface area contributed by atoms with Crippen molar-refractivity contribution in [3.8, 4) is 0 Å². The van der Waals surface area contributed by atoms with Crippen LogP contribution in [-0.2, 0) is 4.79 Å². The molecule has 7 heteroatoms. The summed E-state index contributed by atoms with van der Waals surface area (Å²) in [4.78, 5) is 27.7. The van der Waals surface area contributed by atoms with Crippen molar-refractivity contribution >= 4 is 24.2 Å². The monoisotopic (exact) mass is 329 g/mol. The third kappa shape index (κ3) is 4.68. The van der Waals surface area contributed by atoms with E-state index in [0.717, 1.165) is 6.42 Å².